The van der Waals surface area contributed by atoms with Crippen molar-refractivity contribution < 1.29 is 14.3 Å². The Kier molecular flexibility index (Phi) is 4.57. The van der Waals surface area contributed by atoms with Crippen LogP contribution in [0.5, 0.6) is 0 Å². The van der Waals surface area contributed by atoms with Gasteiger partial charge in [0.05, 0.1) is 5.02 Å². The molecule has 0 spiro atoms. The first-order chi connectivity index (χ1) is 11.9. The van der Waals surface area contributed by atoms with Gasteiger partial charge in [-0.05, 0) is 32.0 Å². The van der Waals surface area contributed by atoms with Crippen LogP contribution in [0.1, 0.15) is 23.2 Å². The smallest absolute Gasteiger partial charge is 0.379 e. The van der Waals surface area contributed by atoms with Gasteiger partial charge in [-0.2, -0.15) is 4.98 Å². The quantitative estimate of drug-likeness (QED) is 0.704. The Hall–Kier alpha value is -3.07. The molecule has 3 aromatic heterocycles. The topological polar surface area (TPSA) is 111 Å². The van der Waals surface area contributed by atoms with Gasteiger partial charge in [0.1, 0.15) is 5.82 Å². The molecule has 0 unspecified atom stereocenters. The normalized spacial score (nSPS) is 12.0. The number of anilines is 1. The Bertz CT molecular complexity index is 940. The monoisotopic (exact) mass is 360 g/mol. The molecule has 0 aliphatic carbocycles. The number of nitrogens with zero attached hydrogens (tertiary/aromatic N) is 5. The van der Waals surface area contributed by atoms with Gasteiger partial charge in [0.2, 0.25) is 0 Å². The van der Waals surface area contributed by atoms with Gasteiger partial charge in [0, 0.05) is 18.1 Å². The van der Waals surface area contributed by atoms with E-state index in [1.807, 2.05) is 0 Å². The SMILES string of the molecule is Cc1ccnc2nc(C(=O)O[C@@H](C)C(=O)Nc3ccc(Cl)cn3)nn12. The summed E-state index contributed by atoms with van der Waals surface area (Å²) in [4.78, 5) is 36.1. The fraction of sp³-hybridized carbons (Fsp3) is 0.200. The molecule has 1 atom stereocenters. The van der Waals surface area contributed by atoms with Crippen molar-refractivity contribution in [3.05, 3.63) is 47.1 Å². The van der Waals surface area contributed by atoms with Crippen LogP contribution in [-0.2, 0) is 9.53 Å². The largest absolute Gasteiger partial charge is 0.447 e. The van der Waals surface area contributed by atoms with Crippen LogP contribution >= 0.6 is 11.6 Å². The fourth-order valence-electron chi connectivity index (χ4n) is 1.94. The molecule has 10 heteroatoms. The average Bonchev–Trinajstić information content (AvgIpc) is 3.02. The van der Waals surface area contributed by atoms with Gasteiger partial charge >= 0.3 is 5.97 Å². The first-order valence-electron chi connectivity index (χ1n) is 7.26. The summed E-state index contributed by atoms with van der Waals surface area (Å²) < 4.78 is 6.51. The maximum Gasteiger partial charge on any atom is 0.379 e. The number of fused-ring (bicyclic) bond motifs is 1. The van der Waals surface area contributed by atoms with Crippen molar-refractivity contribution in [1.29, 1.82) is 0 Å². The molecule has 0 aromatic carbocycles. The maximum absolute atomic E-state index is 12.1. The molecule has 128 valence electrons. The Morgan fingerprint density at radius 2 is 2.08 bits per heavy atom. The number of esters is 1. The van der Waals surface area contributed by atoms with Crippen molar-refractivity contribution in [2.45, 2.75) is 20.0 Å². The third-order valence-electron chi connectivity index (χ3n) is 3.24. The number of halogens is 1. The molecule has 1 amide bonds. The third-order valence-corrected chi connectivity index (χ3v) is 3.47. The molecule has 0 bridgehead atoms. The summed E-state index contributed by atoms with van der Waals surface area (Å²) in [6.45, 7) is 3.23. The number of hydrogen-bond acceptors (Lipinski definition) is 7. The van der Waals surface area contributed by atoms with E-state index in [1.165, 1.54) is 23.7 Å². The van der Waals surface area contributed by atoms with Crippen molar-refractivity contribution in [1.82, 2.24) is 24.6 Å². The van der Waals surface area contributed by atoms with Gasteiger partial charge in [-0.3, -0.25) is 4.79 Å². The van der Waals surface area contributed by atoms with Crippen molar-refractivity contribution in [2.24, 2.45) is 0 Å². The van der Waals surface area contributed by atoms with E-state index in [-0.39, 0.29) is 11.6 Å². The number of nitrogens with one attached hydrogen (secondary N) is 1. The van der Waals surface area contributed by atoms with Crippen LogP contribution in [0.15, 0.2) is 30.6 Å². The zero-order chi connectivity index (χ0) is 18.0. The highest BCUT2D eigenvalue weighted by Gasteiger charge is 2.23. The zero-order valence-corrected chi connectivity index (χ0v) is 14.1. The third kappa shape index (κ3) is 3.72. The van der Waals surface area contributed by atoms with E-state index < -0.39 is 18.0 Å². The summed E-state index contributed by atoms with van der Waals surface area (Å²) in [6, 6.07) is 4.84. The minimum atomic E-state index is -1.06. The Balaban J connectivity index is 1.67. The average molecular weight is 361 g/mol. The van der Waals surface area contributed by atoms with Crippen molar-refractivity contribution in [3.8, 4) is 0 Å². The lowest BCUT2D eigenvalue weighted by Crippen LogP contribution is -2.30. The van der Waals surface area contributed by atoms with E-state index in [0.29, 0.717) is 10.8 Å². The van der Waals surface area contributed by atoms with E-state index in [4.69, 9.17) is 16.3 Å². The summed E-state index contributed by atoms with van der Waals surface area (Å²) in [5.74, 6) is -0.971. The minimum Gasteiger partial charge on any atom is -0.447 e. The lowest BCUT2D eigenvalue weighted by molar-refractivity contribution is -0.123. The number of aromatic nitrogens is 5. The predicted octanol–water partition coefficient (Wildman–Crippen LogP) is 1.67. The van der Waals surface area contributed by atoms with Gasteiger partial charge in [-0.15, -0.1) is 5.10 Å². The number of hydrogen-bond donors (Lipinski definition) is 1. The Morgan fingerprint density at radius 1 is 1.28 bits per heavy atom. The molecule has 25 heavy (non-hydrogen) atoms. The van der Waals surface area contributed by atoms with Gasteiger partial charge in [-0.1, -0.05) is 11.6 Å². The molecule has 0 radical (unpaired) electrons. The molecule has 1 N–H and O–H groups in total. The molecule has 3 aromatic rings. The lowest BCUT2D eigenvalue weighted by atomic mass is 10.3. The van der Waals surface area contributed by atoms with E-state index >= 15 is 0 Å². The minimum absolute atomic E-state index is 0.175. The van der Waals surface area contributed by atoms with Gasteiger partial charge < -0.3 is 10.1 Å². The summed E-state index contributed by atoms with van der Waals surface area (Å²) >= 11 is 5.73. The fourth-order valence-corrected chi connectivity index (χ4v) is 2.05. The maximum atomic E-state index is 12.1. The standard InChI is InChI=1S/C15H13ClN6O3/c1-8-5-6-17-15-20-12(21-22(8)15)14(24)25-9(2)13(23)19-11-4-3-10(16)7-18-11/h3-7,9H,1-2H3,(H,18,19,23)/t9-/m0/s1. The van der Waals surface area contributed by atoms with Crippen LogP contribution in [0.25, 0.3) is 5.78 Å². The van der Waals surface area contributed by atoms with Crippen molar-refractivity contribution in [2.75, 3.05) is 5.32 Å². The number of amides is 1. The van der Waals surface area contributed by atoms with Crippen LogP contribution in [-0.4, -0.2) is 42.5 Å². The predicted molar refractivity (Wildman–Crippen MR) is 88.3 cm³/mol. The summed E-state index contributed by atoms with van der Waals surface area (Å²) in [6.07, 6.45) is 1.89. The number of carbonyl (C=O) groups excluding carboxylic acids is 2. The van der Waals surface area contributed by atoms with Crippen LogP contribution in [0, 0.1) is 6.92 Å². The Labute approximate surface area is 147 Å². The van der Waals surface area contributed by atoms with E-state index in [0.717, 1.165) is 5.69 Å². The first kappa shape index (κ1) is 16.8. The Morgan fingerprint density at radius 3 is 2.76 bits per heavy atom. The van der Waals surface area contributed by atoms with Crippen LogP contribution in [0.3, 0.4) is 0 Å². The van der Waals surface area contributed by atoms with Gasteiger partial charge in [0.25, 0.3) is 17.5 Å². The molecule has 3 heterocycles. The van der Waals surface area contributed by atoms with Crippen molar-refractivity contribution in [3.63, 3.8) is 0 Å². The van der Waals surface area contributed by atoms with Crippen molar-refractivity contribution >= 4 is 35.1 Å². The number of aryl methyl sites for hydroxylation is 1. The number of rotatable bonds is 4. The zero-order valence-electron chi connectivity index (χ0n) is 13.3. The summed E-state index contributed by atoms with van der Waals surface area (Å²) in [5.41, 5.74) is 0.760. The van der Waals surface area contributed by atoms with E-state index in [9.17, 15) is 9.59 Å². The molecular formula is C15H13ClN6O3. The molecule has 0 fully saturated rings. The lowest BCUT2D eigenvalue weighted by Gasteiger charge is -2.11. The molecule has 3 rings (SSSR count). The first-order valence-corrected chi connectivity index (χ1v) is 7.63. The molecule has 9 nitrogen and oxygen atoms in total. The highest BCUT2D eigenvalue weighted by Crippen LogP contribution is 2.11. The molecule has 0 aliphatic heterocycles. The summed E-state index contributed by atoms with van der Waals surface area (Å²) in [7, 11) is 0. The second kappa shape index (κ2) is 6.81. The number of ether oxygens (including phenoxy) is 1. The van der Waals surface area contributed by atoms with Gasteiger partial charge in [0.15, 0.2) is 6.10 Å². The highest BCUT2D eigenvalue weighted by molar-refractivity contribution is 6.30. The van der Waals surface area contributed by atoms with Crippen LogP contribution in [0.4, 0.5) is 5.82 Å². The summed E-state index contributed by atoms with van der Waals surface area (Å²) in [5, 5.41) is 6.99. The van der Waals surface area contributed by atoms with Gasteiger partial charge in [-0.25, -0.2) is 19.3 Å². The van der Waals surface area contributed by atoms with E-state index in [1.54, 1.807) is 25.3 Å². The van der Waals surface area contributed by atoms with Crippen LogP contribution in [0.2, 0.25) is 5.02 Å². The molecule has 0 aliphatic rings. The molecular weight excluding hydrogens is 348 g/mol. The number of carbonyl (C=O) groups is 2. The molecule has 0 saturated heterocycles. The van der Waals surface area contributed by atoms with Crippen LogP contribution < -0.4 is 5.32 Å². The second-order valence-corrected chi connectivity index (χ2v) is 5.57. The van der Waals surface area contributed by atoms with E-state index in [2.05, 4.69) is 25.4 Å². The molecule has 0 saturated carbocycles. The second-order valence-electron chi connectivity index (χ2n) is 5.13. The highest BCUT2D eigenvalue weighted by atomic mass is 35.5. The number of pyridine rings is 1.